The third-order valence-corrected chi connectivity index (χ3v) is 4.32. The minimum absolute atomic E-state index is 0.0461. The van der Waals surface area contributed by atoms with Gasteiger partial charge in [-0.1, -0.05) is 13.8 Å². The van der Waals surface area contributed by atoms with Crippen LogP contribution in [-0.2, 0) is 16.1 Å². The Bertz CT molecular complexity index is 872. The summed E-state index contributed by atoms with van der Waals surface area (Å²) in [5, 5.41) is 13.0. The number of amides is 1. The number of hydrogen-bond donors (Lipinski definition) is 4. The molecule has 1 atom stereocenters. The lowest BCUT2D eigenvalue weighted by molar-refractivity contribution is -0.142. The van der Waals surface area contributed by atoms with Crippen LogP contribution < -0.4 is 16.6 Å². The number of aliphatic hydroxyl groups excluding tert-OH is 1. The molecule has 5 N–H and O–H groups in total. The first-order valence-corrected chi connectivity index (χ1v) is 8.73. The Hall–Kier alpha value is -2.72. The van der Waals surface area contributed by atoms with Gasteiger partial charge in [0, 0.05) is 25.2 Å². The van der Waals surface area contributed by atoms with Crippen LogP contribution in [0.1, 0.15) is 13.8 Å². The molecule has 2 heterocycles. The molecule has 10 nitrogen and oxygen atoms in total. The van der Waals surface area contributed by atoms with Crippen LogP contribution >= 0.6 is 0 Å². The second-order valence-corrected chi connectivity index (χ2v) is 6.58. The van der Waals surface area contributed by atoms with E-state index in [1.54, 1.807) is 33.2 Å². The zero-order valence-electron chi connectivity index (χ0n) is 15.7. The molecule has 27 heavy (non-hydrogen) atoms. The Morgan fingerprint density at radius 3 is 2.74 bits per heavy atom. The van der Waals surface area contributed by atoms with Crippen molar-refractivity contribution in [3.63, 3.8) is 0 Å². The van der Waals surface area contributed by atoms with E-state index in [0.717, 1.165) is 0 Å². The smallest absolute Gasteiger partial charge is 0.261 e. The topological polar surface area (TPSA) is 146 Å². The van der Waals surface area contributed by atoms with Crippen LogP contribution in [0.25, 0.3) is 11.0 Å². The summed E-state index contributed by atoms with van der Waals surface area (Å²) >= 11 is 0. The molecule has 0 aromatic carbocycles. The Balaban J connectivity index is 2.33. The number of carbonyl (C=O) groups excluding carboxylic acids is 2. The molecule has 10 heteroatoms. The van der Waals surface area contributed by atoms with Crippen LogP contribution in [-0.4, -0.2) is 69.0 Å². The van der Waals surface area contributed by atoms with Gasteiger partial charge in [0.2, 0.25) is 11.9 Å². The van der Waals surface area contributed by atoms with E-state index in [1.807, 2.05) is 0 Å². The van der Waals surface area contributed by atoms with Crippen molar-refractivity contribution < 1.29 is 14.7 Å². The number of fused-ring (bicyclic) bond motifs is 1. The highest BCUT2D eigenvalue weighted by atomic mass is 16.3. The van der Waals surface area contributed by atoms with E-state index < -0.39 is 12.6 Å². The van der Waals surface area contributed by atoms with Gasteiger partial charge in [-0.2, -0.15) is 4.98 Å². The van der Waals surface area contributed by atoms with Gasteiger partial charge >= 0.3 is 0 Å². The number of carbonyl (C=O) groups is 2. The van der Waals surface area contributed by atoms with Crippen molar-refractivity contribution in [2.45, 2.75) is 26.4 Å². The summed E-state index contributed by atoms with van der Waals surface area (Å²) in [5.74, 6) is -0.941. The SMILES string of the molecule is CNCCN(C(=O)Cn1ccc2c(=O)[nH]c(N)nc21)[C@H](CO)C(=O)C(C)C. The Morgan fingerprint density at radius 1 is 1.44 bits per heavy atom. The number of nitrogens with two attached hydrogens (primary N) is 1. The zero-order chi connectivity index (χ0) is 20.1. The van der Waals surface area contributed by atoms with Gasteiger partial charge in [-0.25, -0.2) is 0 Å². The summed E-state index contributed by atoms with van der Waals surface area (Å²) in [6.07, 6.45) is 1.57. The predicted octanol–water partition coefficient (Wildman–Crippen LogP) is -1.06. The number of aromatic amines is 1. The van der Waals surface area contributed by atoms with Gasteiger partial charge in [0.05, 0.1) is 12.0 Å². The maximum atomic E-state index is 12.9. The molecule has 0 spiro atoms. The normalized spacial score (nSPS) is 12.5. The summed E-state index contributed by atoms with van der Waals surface area (Å²) in [5.41, 5.74) is 5.49. The lowest BCUT2D eigenvalue weighted by Crippen LogP contribution is -2.51. The number of likely N-dealkylation sites (N-methyl/N-ethyl adjacent to an activating group) is 1. The Labute approximate surface area is 156 Å². The lowest BCUT2D eigenvalue weighted by Gasteiger charge is -2.31. The molecule has 0 aliphatic rings. The van der Waals surface area contributed by atoms with Crippen LogP contribution in [0.4, 0.5) is 5.95 Å². The molecule has 2 rings (SSSR count). The van der Waals surface area contributed by atoms with Gasteiger partial charge in [0.15, 0.2) is 5.78 Å². The predicted molar refractivity (Wildman–Crippen MR) is 101 cm³/mol. The van der Waals surface area contributed by atoms with Crippen LogP contribution in [0.15, 0.2) is 17.1 Å². The fourth-order valence-electron chi connectivity index (χ4n) is 2.87. The number of nitrogens with zero attached hydrogens (tertiary/aromatic N) is 3. The largest absolute Gasteiger partial charge is 0.394 e. The molecule has 0 bridgehead atoms. The Morgan fingerprint density at radius 2 is 2.15 bits per heavy atom. The van der Waals surface area contributed by atoms with Crippen molar-refractivity contribution >= 4 is 28.7 Å². The maximum absolute atomic E-state index is 12.9. The highest BCUT2D eigenvalue weighted by molar-refractivity contribution is 5.90. The number of H-pyrrole nitrogens is 1. The standard InChI is InChI=1S/C17H26N6O4/c1-10(2)14(26)12(9-24)23(7-5-19-3)13(25)8-22-6-4-11-15(22)20-17(18)21-16(11)27/h4,6,10,12,19,24H,5,7-9H2,1-3H3,(H3,18,20,21,27)/t12-/m1/s1. The molecule has 0 aliphatic carbocycles. The van der Waals surface area contributed by atoms with Gasteiger partial charge in [0.1, 0.15) is 18.2 Å². The van der Waals surface area contributed by atoms with Crippen molar-refractivity contribution in [1.29, 1.82) is 0 Å². The number of hydrogen-bond acceptors (Lipinski definition) is 7. The zero-order valence-corrected chi connectivity index (χ0v) is 15.7. The number of nitrogens with one attached hydrogen (secondary N) is 2. The molecule has 1 amide bonds. The molecule has 0 fully saturated rings. The first-order valence-electron chi connectivity index (χ1n) is 8.73. The average molecular weight is 378 g/mol. The van der Waals surface area contributed by atoms with Crippen molar-refractivity contribution in [2.24, 2.45) is 5.92 Å². The van der Waals surface area contributed by atoms with E-state index in [1.165, 1.54) is 9.47 Å². The number of aromatic nitrogens is 3. The number of ketones is 1. The molecule has 0 saturated carbocycles. The van der Waals surface area contributed by atoms with Crippen molar-refractivity contribution in [1.82, 2.24) is 24.8 Å². The fraction of sp³-hybridized carbons (Fsp3) is 0.529. The first-order chi connectivity index (χ1) is 12.8. The monoisotopic (exact) mass is 378 g/mol. The van der Waals surface area contributed by atoms with E-state index in [-0.39, 0.29) is 47.9 Å². The number of aliphatic hydroxyl groups is 1. The van der Waals surface area contributed by atoms with Crippen molar-refractivity contribution in [2.75, 3.05) is 32.5 Å². The summed E-state index contributed by atoms with van der Waals surface area (Å²) < 4.78 is 1.50. The van der Waals surface area contributed by atoms with Gasteiger partial charge in [-0.3, -0.25) is 19.4 Å². The van der Waals surface area contributed by atoms with Gasteiger partial charge in [0.25, 0.3) is 5.56 Å². The van der Waals surface area contributed by atoms with Crippen molar-refractivity contribution in [3.8, 4) is 0 Å². The van der Waals surface area contributed by atoms with Crippen LogP contribution in [0, 0.1) is 5.92 Å². The summed E-state index contributed by atoms with van der Waals surface area (Å²) in [7, 11) is 1.74. The fourth-order valence-corrected chi connectivity index (χ4v) is 2.87. The molecule has 0 aliphatic heterocycles. The highest BCUT2D eigenvalue weighted by Gasteiger charge is 2.30. The number of rotatable bonds is 9. The second-order valence-electron chi connectivity index (χ2n) is 6.58. The molecule has 0 radical (unpaired) electrons. The average Bonchev–Trinajstić information content (AvgIpc) is 3.00. The summed E-state index contributed by atoms with van der Waals surface area (Å²) in [6, 6.07) is 0.628. The molecule has 0 unspecified atom stereocenters. The minimum Gasteiger partial charge on any atom is -0.394 e. The van der Waals surface area contributed by atoms with E-state index in [4.69, 9.17) is 5.73 Å². The van der Waals surface area contributed by atoms with E-state index in [0.29, 0.717) is 11.9 Å². The van der Waals surface area contributed by atoms with E-state index in [9.17, 15) is 19.5 Å². The molecular weight excluding hydrogens is 352 g/mol. The molecular formula is C17H26N6O4. The van der Waals surface area contributed by atoms with Crippen LogP contribution in [0.3, 0.4) is 0 Å². The number of nitrogen functional groups attached to an aromatic ring is 1. The molecule has 148 valence electrons. The lowest BCUT2D eigenvalue weighted by atomic mass is 10.0. The molecule has 2 aromatic heterocycles. The van der Waals surface area contributed by atoms with Crippen LogP contribution in [0.5, 0.6) is 0 Å². The third kappa shape index (κ3) is 4.52. The number of Topliss-reactive ketones (excluding diaryl/α,β-unsaturated/α-hetero) is 1. The van der Waals surface area contributed by atoms with Crippen LogP contribution in [0.2, 0.25) is 0 Å². The number of anilines is 1. The quantitative estimate of drug-likeness (QED) is 0.435. The summed E-state index contributed by atoms with van der Waals surface area (Å²) in [6.45, 7) is 3.59. The second kappa shape index (κ2) is 8.78. The Kier molecular flexibility index (Phi) is 6.70. The first kappa shape index (κ1) is 20.6. The van der Waals surface area contributed by atoms with Gasteiger partial charge in [-0.05, 0) is 13.1 Å². The van der Waals surface area contributed by atoms with Gasteiger partial charge < -0.3 is 25.6 Å². The molecule has 0 saturated heterocycles. The van der Waals surface area contributed by atoms with Crippen molar-refractivity contribution in [3.05, 3.63) is 22.6 Å². The van der Waals surface area contributed by atoms with E-state index >= 15 is 0 Å². The maximum Gasteiger partial charge on any atom is 0.261 e. The molecule has 2 aromatic rings. The minimum atomic E-state index is -0.922. The third-order valence-electron chi connectivity index (χ3n) is 4.32. The highest BCUT2D eigenvalue weighted by Crippen LogP contribution is 2.13. The van der Waals surface area contributed by atoms with E-state index in [2.05, 4.69) is 15.3 Å². The summed E-state index contributed by atoms with van der Waals surface area (Å²) in [4.78, 5) is 45.1. The van der Waals surface area contributed by atoms with Gasteiger partial charge in [-0.15, -0.1) is 0 Å².